The van der Waals surface area contributed by atoms with E-state index in [4.69, 9.17) is 9.47 Å². The van der Waals surface area contributed by atoms with Crippen LogP contribution in [0.25, 0.3) is 0 Å². The summed E-state index contributed by atoms with van der Waals surface area (Å²) in [6, 6.07) is 6.18. The molecule has 0 radical (unpaired) electrons. The smallest absolute Gasteiger partial charge is 0.318 e. The first-order valence-corrected chi connectivity index (χ1v) is 8.02. The zero-order valence-electron chi connectivity index (χ0n) is 14.8. The maximum atomic E-state index is 13.5. The van der Waals surface area contributed by atoms with Crippen LogP contribution in [0.15, 0.2) is 24.3 Å². The summed E-state index contributed by atoms with van der Waals surface area (Å²) in [7, 11) is 0. The first-order chi connectivity index (χ1) is 11.0. The molecule has 0 saturated heterocycles. The van der Waals surface area contributed by atoms with Gasteiger partial charge in [-0.15, -0.1) is 0 Å². The van der Waals surface area contributed by atoms with Gasteiger partial charge in [0.1, 0.15) is 17.0 Å². The van der Waals surface area contributed by atoms with Crippen molar-refractivity contribution in [2.45, 2.75) is 58.7 Å². The second kappa shape index (κ2) is 7.92. The molecule has 0 bridgehead atoms. The van der Waals surface area contributed by atoms with E-state index >= 15 is 0 Å². The van der Waals surface area contributed by atoms with Crippen molar-refractivity contribution in [1.82, 2.24) is 0 Å². The number of rotatable bonds is 7. The van der Waals surface area contributed by atoms with Crippen molar-refractivity contribution in [2.75, 3.05) is 6.61 Å². The molecule has 2 atom stereocenters. The first-order valence-electron chi connectivity index (χ1n) is 8.02. The van der Waals surface area contributed by atoms with Crippen LogP contribution in [-0.4, -0.2) is 29.7 Å². The Morgan fingerprint density at radius 2 is 1.71 bits per heavy atom. The Hall–Kier alpha value is -1.69. The first kappa shape index (κ1) is 20.4. The molecule has 6 heteroatoms. The second-order valence-electron chi connectivity index (χ2n) is 6.58. The fraction of sp³-hybridized carbons (Fsp3) is 0.611. The highest BCUT2D eigenvalue weighted by atomic mass is 19.3. The average Bonchev–Trinajstić information content (AvgIpc) is 2.46. The number of ether oxygens (including phenoxy) is 2. The number of benzene rings is 1. The standard InChI is InChI=1S/C18H26F2O4/c1-6-18(22,14(15(19)20)16(21)23-7-2)12-8-10-13(11-9-12)24-17(3,4)5/h8-11,14-15,22H,6-7H2,1-5H3. The number of alkyl halides is 2. The van der Waals surface area contributed by atoms with Crippen molar-refractivity contribution in [1.29, 1.82) is 0 Å². The van der Waals surface area contributed by atoms with Crippen molar-refractivity contribution in [3.63, 3.8) is 0 Å². The van der Waals surface area contributed by atoms with E-state index in [1.165, 1.54) is 19.1 Å². The minimum Gasteiger partial charge on any atom is -0.488 e. The Morgan fingerprint density at radius 3 is 2.08 bits per heavy atom. The quantitative estimate of drug-likeness (QED) is 0.762. The molecule has 0 saturated carbocycles. The van der Waals surface area contributed by atoms with E-state index in [2.05, 4.69) is 0 Å². The molecule has 0 aliphatic carbocycles. The largest absolute Gasteiger partial charge is 0.488 e. The van der Waals surface area contributed by atoms with E-state index in [0.29, 0.717) is 5.75 Å². The molecule has 0 amide bonds. The van der Waals surface area contributed by atoms with Crippen LogP contribution in [0, 0.1) is 5.92 Å². The summed E-state index contributed by atoms with van der Waals surface area (Å²) in [5.41, 5.74) is -2.19. The van der Waals surface area contributed by atoms with E-state index < -0.39 is 29.5 Å². The molecule has 0 aliphatic heterocycles. The molecule has 24 heavy (non-hydrogen) atoms. The van der Waals surface area contributed by atoms with Gasteiger partial charge in [-0.1, -0.05) is 19.1 Å². The summed E-state index contributed by atoms with van der Waals surface area (Å²) in [6.07, 6.45) is -3.10. The Bertz CT molecular complexity index is 537. The average molecular weight is 344 g/mol. The molecule has 1 rings (SSSR count). The highest BCUT2D eigenvalue weighted by Gasteiger charge is 2.48. The highest BCUT2D eigenvalue weighted by molar-refractivity contribution is 5.74. The Morgan fingerprint density at radius 1 is 1.17 bits per heavy atom. The van der Waals surface area contributed by atoms with Crippen LogP contribution in [0.5, 0.6) is 5.75 Å². The number of hydrogen-bond donors (Lipinski definition) is 1. The molecule has 1 N–H and O–H groups in total. The van der Waals surface area contributed by atoms with Crippen LogP contribution < -0.4 is 4.74 Å². The molecule has 136 valence electrons. The van der Waals surface area contributed by atoms with Crippen LogP contribution in [-0.2, 0) is 15.1 Å². The van der Waals surface area contributed by atoms with E-state index in [1.54, 1.807) is 19.1 Å². The molecular formula is C18H26F2O4. The zero-order valence-corrected chi connectivity index (χ0v) is 14.8. The summed E-state index contributed by atoms with van der Waals surface area (Å²) in [4.78, 5) is 11.9. The van der Waals surface area contributed by atoms with Crippen LogP contribution in [0.3, 0.4) is 0 Å². The molecule has 0 spiro atoms. The summed E-state index contributed by atoms with van der Waals surface area (Å²) in [5, 5.41) is 10.8. The molecule has 0 aromatic heterocycles. The third-order valence-electron chi connectivity index (χ3n) is 3.62. The molecule has 0 heterocycles. The number of esters is 1. The lowest BCUT2D eigenvalue weighted by atomic mass is 9.79. The van der Waals surface area contributed by atoms with Crippen molar-refractivity contribution < 1.29 is 28.2 Å². The lowest BCUT2D eigenvalue weighted by Crippen LogP contribution is -2.44. The third kappa shape index (κ3) is 4.90. The van der Waals surface area contributed by atoms with Crippen molar-refractivity contribution in [3.05, 3.63) is 29.8 Å². The van der Waals surface area contributed by atoms with Gasteiger partial charge < -0.3 is 14.6 Å². The van der Waals surface area contributed by atoms with E-state index in [9.17, 15) is 18.7 Å². The van der Waals surface area contributed by atoms with Gasteiger partial charge in [0.05, 0.1) is 6.61 Å². The molecule has 2 unspecified atom stereocenters. The van der Waals surface area contributed by atoms with Gasteiger partial charge >= 0.3 is 5.97 Å². The van der Waals surface area contributed by atoms with Crippen molar-refractivity contribution >= 4 is 5.97 Å². The Labute approximate surface area is 141 Å². The Kier molecular flexibility index (Phi) is 6.72. The summed E-state index contributed by atoms with van der Waals surface area (Å²) < 4.78 is 37.3. The van der Waals surface area contributed by atoms with Gasteiger partial charge in [0.15, 0.2) is 5.92 Å². The van der Waals surface area contributed by atoms with E-state index in [1.807, 2.05) is 20.8 Å². The molecular weight excluding hydrogens is 318 g/mol. The highest BCUT2D eigenvalue weighted by Crippen LogP contribution is 2.38. The lowest BCUT2D eigenvalue weighted by Gasteiger charge is -2.34. The lowest BCUT2D eigenvalue weighted by molar-refractivity contribution is -0.172. The number of carbonyl (C=O) groups is 1. The number of hydrogen-bond acceptors (Lipinski definition) is 4. The van der Waals surface area contributed by atoms with Crippen molar-refractivity contribution in [2.24, 2.45) is 5.92 Å². The van der Waals surface area contributed by atoms with Gasteiger partial charge in [0.25, 0.3) is 6.43 Å². The second-order valence-corrected chi connectivity index (χ2v) is 6.58. The predicted molar refractivity (Wildman–Crippen MR) is 87.1 cm³/mol. The van der Waals surface area contributed by atoms with Crippen LogP contribution in [0.4, 0.5) is 8.78 Å². The normalized spacial score (nSPS) is 15.7. The maximum absolute atomic E-state index is 13.5. The van der Waals surface area contributed by atoms with Crippen LogP contribution in [0.1, 0.15) is 46.6 Å². The maximum Gasteiger partial charge on any atom is 0.318 e. The molecule has 1 aromatic rings. The SMILES string of the molecule is CCOC(=O)C(C(F)F)C(O)(CC)c1ccc(OC(C)(C)C)cc1. The minimum absolute atomic E-state index is 0.0276. The summed E-state index contributed by atoms with van der Waals surface area (Å²) in [6.45, 7) is 8.71. The van der Waals surface area contributed by atoms with Gasteiger partial charge in [-0.05, 0) is 51.8 Å². The van der Waals surface area contributed by atoms with E-state index in [0.717, 1.165) is 0 Å². The molecule has 0 aliphatic rings. The summed E-state index contributed by atoms with van der Waals surface area (Å²) >= 11 is 0. The fourth-order valence-corrected chi connectivity index (χ4v) is 2.51. The van der Waals surface area contributed by atoms with Gasteiger partial charge in [-0.3, -0.25) is 4.79 Å². The molecule has 1 aromatic carbocycles. The predicted octanol–water partition coefficient (Wildman–Crippen LogP) is 3.91. The van der Waals surface area contributed by atoms with Gasteiger partial charge in [0, 0.05) is 0 Å². The number of aliphatic hydroxyl groups is 1. The van der Waals surface area contributed by atoms with Crippen molar-refractivity contribution in [3.8, 4) is 5.75 Å². The van der Waals surface area contributed by atoms with Crippen LogP contribution >= 0.6 is 0 Å². The van der Waals surface area contributed by atoms with Gasteiger partial charge in [-0.25, -0.2) is 8.78 Å². The zero-order chi connectivity index (χ0) is 18.5. The minimum atomic E-state index is -3.04. The number of halogens is 2. The summed E-state index contributed by atoms with van der Waals surface area (Å²) in [5.74, 6) is -2.50. The third-order valence-corrected chi connectivity index (χ3v) is 3.62. The topological polar surface area (TPSA) is 55.8 Å². The molecule has 0 fully saturated rings. The molecule has 4 nitrogen and oxygen atoms in total. The Balaban J connectivity index is 3.18. The monoisotopic (exact) mass is 344 g/mol. The van der Waals surface area contributed by atoms with Crippen LogP contribution in [0.2, 0.25) is 0 Å². The van der Waals surface area contributed by atoms with Gasteiger partial charge in [0.2, 0.25) is 0 Å². The fourth-order valence-electron chi connectivity index (χ4n) is 2.51. The van der Waals surface area contributed by atoms with Gasteiger partial charge in [-0.2, -0.15) is 0 Å². The number of carbonyl (C=O) groups excluding carboxylic acids is 1. The van der Waals surface area contributed by atoms with E-state index in [-0.39, 0.29) is 18.6 Å².